The third kappa shape index (κ3) is 3.72. The van der Waals surface area contributed by atoms with Gasteiger partial charge in [-0.25, -0.2) is 0 Å². The van der Waals surface area contributed by atoms with E-state index in [2.05, 4.69) is 15.5 Å². The molecular formula is C18H16N4O3. The van der Waals surface area contributed by atoms with Gasteiger partial charge in [0.1, 0.15) is 5.69 Å². The number of hydrogen-bond donors (Lipinski definition) is 1. The van der Waals surface area contributed by atoms with E-state index in [-0.39, 0.29) is 11.7 Å². The van der Waals surface area contributed by atoms with Crippen molar-refractivity contribution in [3.63, 3.8) is 0 Å². The molecule has 7 nitrogen and oxygen atoms in total. The zero-order valence-electron chi connectivity index (χ0n) is 13.8. The van der Waals surface area contributed by atoms with Crippen molar-refractivity contribution in [3.05, 3.63) is 66.1 Å². The molecule has 0 unspecified atom stereocenters. The zero-order valence-corrected chi connectivity index (χ0v) is 13.8. The molecule has 7 heteroatoms. The normalized spacial score (nSPS) is 10.3. The number of carbonyl (C=O) groups excluding carboxylic acids is 2. The second-order valence-corrected chi connectivity index (χ2v) is 5.53. The van der Waals surface area contributed by atoms with Crippen molar-refractivity contribution >= 4 is 17.5 Å². The number of amides is 2. The van der Waals surface area contributed by atoms with Gasteiger partial charge in [-0.05, 0) is 30.3 Å². The largest absolute Gasteiger partial charge is 0.350 e. The van der Waals surface area contributed by atoms with Crippen molar-refractivity contribution in [1.82, 2.24) is 15.0 Å². The van der Waals surface area contributed by atoms with Gasteiger partial charge in [0.05, 0.1) is 5.69 Å². The van der Waals surface area contributed by atoms with Crippen LogP contribution in [0.5, 0.6) is 0 Å². The molecular weight excluding hydrogens is 320 g/mol. The Hall–Kier alpha value is -3.48. The van der Waals surface area contributed by atoms with Crippen LogP contribution < -0.4 is 5.32 Å². The highest BCUT2D eigenvalue weighted by Gasteiger charge is 2.16. The van der Waals surface area contributed by atoms with Crippen LogP contribution in [0.2, 0.25) is 0 Å². The molecule has 0 atom stereocenters. The van der Waals surface area contributed by atoms with E-state index >= 15 is 0 Å². The van der Waals surface area contributed by atoms with Crippen molar-refractivity contribution in [3.8, 4) is 11.4 Å². The van der Waals surface area contributed by atoms with E-state index in [1.165, 1.54) is 11.0 Å². The van der Waals surface area contributed by atoms with Crippen molar-refractivity contribution in [2.45, 2.75) is 0 Å². The molecule has 0 aliphatic heterocycles. The maximum atomic E-state index is 12.3. The van der Waals surface area contributed by atoms with Crippen LogP contribution in [0.15, 0.2) is 59.3 Å². The van der Waals surface area contributed by atoms with Crippen LogP contribution >= 0.6 is 0 Å². The summed E-state index contributed by atoms with van der Waals surface area (Å²) in [5.74, 6) is -0.540. The molecule has 1 aromatic carbocycles. The average Bonchev–Trinajstić information content (AvgIpc) is 3.12. The van der Waals surface area contributed by atoms with Crippen LogP contribution in [-0.4, -0.2) is 41.0 Å². The number of nitrogens with zero attached hydrogens (tertiary/aromatic N) is 3. The van der Waals surface area contributed by atoms with E-state index in [9.17, 15) is 9.59 Å². The summed E-state index contributed by atoms with van der Waals surface area (Å²) in [6.45, 7) is 0. The van der Waals surface area contributed by atoms with Gasteiger partial charge >= 0.3 is 0 Å². The predicted octanol–water partition coefficient (Wildman–Crippen LogP) is 2.69. The van der Waals surface area contributed by atoms with E-state index < -0.39 is 5.91 Å². The fourth-order valence-electron chi connectivity index (χ4n) is 2.20. The van der Waals surface area contributed by atoms with Crippen LogP contribution in [0, 0.1) is 0 Å². The summed E-state index contributed by atoms with van der Waals surface area (Å²) in [6, 6.07) is 13.6. The highest BCUT2D eigenvalue weighted by atomic mass is 16.5. The number of carbonyl (C=O) groups is 2. The number of benzene rings is 1. The molecule has 0 spiro atoms. The molecule has 0 saturated heterocycles. The minimum absolute atomic E-state index is 0.0602. The molecule has 0 aliphatic rings. The van der Waals surface area contributed by atoms with Gasteiger partial charge in [0, 0.05) is 37.6 Å². The lowest BCUT2D eigenvalue weighted by atomic mass is 10.2. The van der Waals surface area contributed by atoms with Gasteiger partial charge in [0.15, 0.2) is 0 Å². The average molecular weight is 336 g/mol. The van der Waals surface area contributed by atoms with E-state index in [1.807, 2.05) is 6.07 Å². The Bertz CT molecular complexity index is 903. The predicted molar refractivity (Wildman–Crippen MR) is 92.1 cm³/mol. The first-order chi connectivity index (χ1) is 12.0. The minimum atomic E-state index is -0.455. The molecule has 0 radical (unpaired) electrons. The van der Waals surface area contributed by atoms with Gasteiger partial charge in [0.2, 0.25) is 5.76 Å². The summed E-state index contributed by atoms with van der Waals surface area (Å²) in [4.78, 5) is 29.9. The van der Waals surface area contributed by atoms with Crippen molar-refractivity contribution in [1.29, 1.82) is 0 Å². The van der Waals surface area contributed by atoms with E-state index in [1.54, 1.807) is 56.7 Å². The molecule has 3 rings (SSSR count). The molecule has 1 N–H and O–H groups in total. The van der Waals surface area contributed by atoms with Gasteiger partial charge in [-0.3, -0.25) is 14.6 Å². The van der Waals surface area contributed by atoms with Gasteiger partial charge in [0.25, 0.3) is 11.8 Å². The number of nitrogens with one attached hydrogen (secondary N) is 1. The summed E-state index contributed by atoms with van der Waals surface area (Å²) in [6.07, 6.45) is 1.64. The highest BCUT2D eigenvalue weighted by Crippen LogP contribution is 2.18. The highest BCUT2D eigenvalue weighted by molar-refractivity contribution is 6.03. The minimum Gasteiger partial charge on any atom is -0.350 e. The molecule has 0 saturated carbocycles. The Kier molecular flexibility index (Phi) is 4.56. The number of anilines is 1. The quantitative estimate of drug-likeness (QED) is 0.791. The SMILES string of the molecule is CN(C)C(=O)c1cccc(NC(=O)c2cc(-c3ccccn3)no2)c1. The van der Waals surface area contributed by atoms with Crippen LogP contribution in [0.3, 0.4) is 0 Å². The first-order valence-corrected chi connectivity index (χ1v) is 7.56. The number of hydrogen-bond acceptors (Lipinski definition) is 5. The molecule has 3 aromatic rings. The molecule has 126 valence electrons. The Morgan fingerprint density at radius 1 is 1.04 bits per heavy atom. The number of rotatable bonds is 4. The fraction of sp³-hybridized carbons (Fsp3) is 0.111. The van der Waals surface area contributed by atoms with Crippen LogP contribution in [-0.2, 0) is 0 Å². The second kappa shape index (κ2) is 6.96. The van der Waals surface area contributed by atoms with Gasteiger partial charge in [-0.1, -0.05) is 17.3 Å². The molecule has 0 aliphatic carbocycles. The van der Waals surface area contributed by atoms with Gasteiger partial charge < -0.3 is 14.7 Å². The maximum Gasteiger partial charge on any atom is 0.294 e. The summed E-state index contributed by atoms with van der Waals surface area (Å²) in [7, 11) is 3.34. The molecule has 0 bridgehead atoms. The lowest BCUT2D eigenvalue weighted by Gasteiger charge is -2.11. The Morgan fingerprint density at radius 2 is 1.88 bits per heavy atom. The molecule has 2 aromatic heterocycles. The van der Waals surface area contributed by atoms with E-state index in [0.29, 0.717) is 22.6 Å². The Labute approximate surface area is 144 Å². The van der Waals surface area contributed by atoms with Gasteiger partial charge in [-0.2, -0.15) is 0 Å². The van der Waals surface area contributed by atoms with E-state index in [4.69, 9.17) is 4.52 Å². The molecule has 25 heavy (non-hydrogen) atoms. The maximum absolute atomic E-state index is 12.3. The summed E-state index contributed by atoms with van der Waals surface area (Å²) >= 11 is 0. The third-order valence-corrected chi connectivity index (χ3v) is 3.43. The monoisotopic (exact) mass is 336 g/mol. The first-order valence-electron chi connectivity index (χ1n) is 7.56. The Morgan fingerprint density at radius 3 is 2.60 bits per heavy atom. The number of aromatic nitrogens is 2. The summed E-state index contributed by atoms with van der Waals surface area (Å²) < 4.78 is 5.09. The third-order valence-electron chi connectivity index (χ3n) is 3.43. The van der Waals surface area contributed by atoms with Crippen LogP contribution in [0.1, 0.15) is 20.9 Å². The number of pyridine rings is 1. The standard InChI is InChI=1S/C18H16N4O3/c1-22(2)18(24)12-6-5-7-13(10-12)20-17(23)16-11-15(21-25-16)14-8-3-4-9-19-14/h3-11H,1-2H3,(H,20,23). The lowest BCUT2D eigenvalue weighted by Crippen LogP contribution is -2.21. The molecule has 2 heterocycles. The molecule has 0 fully saturated rings. The zero-order chi connectivity index (χ0) is 17.8. The van der Waals surface area contributed by atoms with Crippen LogP contribution in [0.25, 0.3) is 11.4 Å². The topological polar surface area (TPSA) is 88.3 Å². The van der Waals surface area contributed by atoms with E-state index in [0.717, 1.165) is 0 Å². The first kappa shape index (κ1) is 16.4. The molecule has 2 amide bonds. The fourth-order valence-corrected chi connectivity index (χ4v) is 2.20. The lowest BCUT2D eigenvalue weighted by molar-refractivity contribution is 0.0827. The van der Waals surface area contributed by atoms with Crippen LogP contribution in [0.4, 0.5) is 5.69 Å². The van der Waals surface area contributed by atoms with Gasteiger partial charge in [-0.15, -0.1) is 0 Å². The summed E-state index contributed by atoms with van der Waals surface area (Å²) in [5.41, 5.74) is 2.06. The van der Waals surface area contributed by atoms with Crippen molar-refractivity contribution < 1.29 is 14.1 Å². The van der Waals surface area contributed by atoms with Crippen molar-refractivity contribution in [2.75, 3.05) is 19.4 Å². The second-order valence-electron chi connectivity index (χ2n) is 5.53. The Balaban J connectivity index is 1.76. The summed E-state index contributed by atoms with van der Waals surface area (Å²) in [5, 5.41) is 6.55. The van der Waals surface area contributed by atoms with Crippen molar-refractivity contribution in [2.24, 2.45) is 0 Å². The smallest absolute Gasteiger partial charge is 0.294 e.